The minimum absolute atomic E-state index is 0.272. The minimum Gasteiger partial charge on any atom is -0.396 e. The van der Waals surface area contributed by atoms with Crippen molar-refractivity contribution in [2.75, 3.05) is 25.1 Å². The summed E-state index contributed by atoms with van der Waals surface area (Å²) in [5.41, 5.74) is 2.06. The molecule has 0 fully saturated rings. The van der Waals surface area contributed by atoms with E-state index in [0.717, 1.165) is 37.1 Å². The molecule has 0 aromatic heterocycles. The van der Waals surface area contributed by atoms with Crippen LogP contribution in [0.1, 0.15) is 37.9 Å². The van der Waals surface area contributed by atoms with E-state index in [2.05, 4.69) is 4.90 Å². The molecule has 1 rings (SSSR count). The van der Waals surface area contributed by atoms with Gasteiger partial charge in [-0.1, -0.05) is 18.2 Å². The van der Waals surface area contributed by atoms with Crippen LogP contribution in [0.25, 0.3) is 0 Å². The summed E-state index contributed by atoms with van der Waals surface area (Å²) in [5, 5.41) is 18.4. The Morgan fingerprint density at radius 2 is 1.88 bits per heavy atom. The number of rotatable bonds is 7. The number of anilines is 1. The number of aliphatic hydroxyl groups is 2. The Bertz CT molecular complexity index is 326. The van der Waals surface area contributed by atoms with Crippen molar-refractivity contribution < 1.29 is 10.2 Å². The van der Waals surface area contributed by atoms with Gasteiger partial charge in [-0.25, -0.2) is 0 Å². The third kappa shape index (κ3) is 4.36. The first kappa shape index (κ1) is 14.0. The lowest BCUT2D eigenvalue weighted by atomic mass is 10.1. The van der Waals surface area contributed by atoms with E-state index in [1.54, 1.807) is 6.92 Å². The van der Waals surface area contributed by atoms with E-state index in [1.807, 2.05) is 31.3 Å². The number of hydrogen-bond acceptors (Lipinski definition) is 3. The molecule has 3 heteroatoms. The zero-order valence-electron chi connectivity index (χ0n) is 10.8. The molecule has 0 aliphatic rings. The molecule has 1 atom stereocenters. The minimum atomic E-state index is -0.439. The Kier molecular flexibility index (Phi) is 6.01. The summed E-state index contributed by atoms with van der Waals surface area (Å²) >= 11 is 0. The highest BCUT2D eigenvalue weighted by Gasteiger charge is 2.10. The number of hydrogen-bond donors (Lipinski definition) is 2. The Hall–Kier alpha value is -1.06. The topological polar surface area (TPSA) is 43.7 Å². The molecule has 0 amide bonds. The van der Waals surface area contributed by atoms with Crippen LogP contribution in [-0.4, -0.2) is 30.4 Å². The van der Waals surface area contributed by atoms with Crippen molar-refractivity contribution >= 4 is 5.69 Å². The molecule has 0 unspecified atom stereocenters. The van der Waals surface area contributed by atoms with Crippen molar-refractivity contribution in [3.05, 3.63) is 29.8 Å². The van der Waals surface area contributed by atoms with Crippen LogP contribution in [-0.2, 0) is 0 Å². The van der Waals surface area contributed by atoms with Gasteiger partial charge in [0.25, 0.3) is 0 Å². The van der Waals surface area contributed by atoms with Gasteiger partial charge < -0.3 is 15.1 Å². The molecule has 96 valence electrons. The van der Waals surface area contributed by atoms with Crippen molar-refractivity contribution in [2.24, 2.45) is 0 Å². The smallest absolute Gasteiger partial charge is 0.0781 e. The van der Waals surface area contributed by atoms with E-state index in [0.29, 0.717) is 0 Å². The molecule has 0 radical (unpaired) electrons. The third-order valence-electron chi connectivity index (χ3n) is 2.95. The van der Waals surface area contributed by atoms with E-state index in [-0.39, 0.29) is 6.61 Å². The maximum absolute atomic E-state index is 9.70. The van der Waals surface area contributed by atoms with Crippen molar-refractivity contribution in [1.29, 1.82) is 0 Å². The van der Waals surface area contributed by atoms with Crippen LogP contribution in [0.3, 0.4) is 0 Å². The van der Waals surface area contributed by atoms with Crippen molar-refractivity contribution in [2.45, 2.75) is 32.3 Å². The molecule has 3 nitrogen and oxygen atoms in total. The number of unbranched alkanes of at least 4 members (excludes halogenated alkanes) is 2. The van der Waals surface area contributed by atoms with Crippen LogP contribution >= 0.6 is 0 Å². The second-order valence-corrected chi connectivity index (χ2v) is 4.44. The summed E-state index contributed by atoms with van der Waals surface area (Å²) in [7, 11) is 2.04. The molecule has 0 saturated heterocycles. The van der Waals surface area contributed by atoms with Gasteiger partial charge in [-0.3, -0.25) is 0 Å². The zero-order valence-corrected chi connectivity index (χ0v) is 10.8. The van der Waals surface area contributed by atoms with E-state index < -0.39 is 6.10 Å². The van der Waals surface area contributed by atoms with Crippen LogP contribution < -0.4 is 4.90 Å². The fourth-order valence-corrected chi connectivity index (χ4v) is 1.95. The molecule has 0 heterocycles. The van der Waals surface area contributed by atoms with Gasteiger partial charge in [0.2, 0.25) is 0 Å². The number of benzene rings is 1. The molecule has 0 aliphatic carbocycles. The number of nitrogens with zero attached hydrogens (tertiary/aromatic N) is 1. The summed E-state index contributed by atoms with van der Waals surface area (Å²) in [4.78, 5) is 2.17. The standard InChI is InChI=1S/C14H23NO2/c1-12(17)13-8-4-5-9-14(13)15(2)10-6-3-7-11-16/h4-5,8-9,12,16-17H,3,6-7,10-11H2,1-2H3/t12-/m1/s1. The van der Waals surface area contributed by atoms with Gasteiger partial charge in [-0.15, -0.1) is 0 Å². The maximum Gasteiger partial charge on any atom is 0.0781 e. The van der Waals surface area contributed by atoms with Gasteiger partial charge in [-0.05, 0) is 32.3 Å². The Balaban J connectivity index is 2.58. The van der Waals surface area contributed by atoms with Gasteiger partial charge in [-0.2, -0.15) is 0 Å². The van der Waals surface area contributed by atoms with Gasteiger partial charge in [0, 0.05) is 31.5 Å². The first-order chi connectivity index (χ1) is 8.16. The average molecular weight is 237 g/mol. The summed E-state index contributed by atoms with van der Waals surface area (Å²) in [5.74, 6) is 0. The fourth-order valence-electron chi connectivity index (χ4n) is 1.95. The van der Waals surface area contributed by atoms with Crippen LogP contribution in [0.15, 0.2) is 24.3 Å². The van der Waals surface area contributed by atoms with E-state index in [9.17, 15) is 5.11 Å². The molecular formula is C14H23NO2. The summed E-state index contributed by atoms with van der Waals surface area (Å²) in [6, 6.07) is 7.94. The highest BCUT2D eigenvalue weighted by Crippen LogP contribution is 2.25. The largest absolute Gasteiger partial charge is 0.396 e. The normalized spacial score (nSPS) is 12.5. The van der Waals surface area contributed by atoms with Crippen LogP contribution in [0.4, 0.5) is 5.69 Å². The summed E-state index contributed by atoms with van der Waals surface area (Å²) in [6.07, 6.45) is 2.53. The molecular weight excluding hydrogens is 214 g/mol. The molecule has 1 aromatic carbocycles. The fraction of sp³-hybridized carbons (Fsp3) is 0.571. The monoisotopic (exact) mass is 237 g/mol. The highest BCUT2D eigenvalue weighted by molar-refractivity contribution is 5.53. The predicted molar refractivity (Wildman–Crippen MR) is 71.3 cm³/mol. The Morgan fingerprint density at radius 3 is 2.53 bits per heavy atom. The van der Waals surface area contributed by atoms with E-state index in [1.165, 1.54) is 0 Å². The van der Waals surface area contributed by atoms with Crippen molar-refractivity contribution in [3.8, 4) is 0 Å². The lowest BCUT2D eigenvalue weighted by molar-refractivity contribution is 0.199. The van der Waals surface area contributed by atoms with E-state index in [4.69, 9.17) is 5.11 Å². The second-order valence-electron chi connectivity index (χ2n) is 4.44. The maximum atomic E-state index is 9.70. The van der Waals surface area contributed by atoms with Crippen LogP contribution in [0.5, 0.6) is 0 Å². The van der Waals surface area contributed by atoms with E-state index >= 15 is 0 Å². The predicted octanol–water partition coefficient (Wildman–Crippen LogP) is 2.34. The SMILES string of the molecule is C[C@@H](O)c1ccccc1N(C)CCCCCO. The van der Waals surface area contributed by atoms with Crippen molar-refractivity contribution in [3.63, 3.8) is 0 Å². The Labute approximate surface area is 104 Å². The highest BCUT2D eigenvalue weighted by atomic mass is 16.3. The second kappa shape index (κ2) is 7.30. The molecule has 1 aromatic rings. The van der Waals surface area contributed by atoms with Gasteiger partial charge in [0.1, 0.15) is 0 Å². The first-order valence-electron chi connectivity index (χ1n) is 6.25. The van der Waals surface area contributed by atoms with Gasteiger partial charge >= 0.3 is 0 Å². The van der Waals surface area contributed by atoms with Gasteiger partial charge in [0.05, 0.1) is 6.10 Å². The average Bonchev–Trinajstić information content (AvgIpc) is 2.34. The number of para-hydroxylation sites is 1. The third-order valence-corrected chi connectivity index (χ3v) is 2.95. The molecule has 17 heavy (non-hydrogen) atoms. The van der Waals surface area contributed by atoms with Crippen LogP contribution in [0.2, 0.25) is 0 Å². The Morgan fingerprint density at radius 1 is 1.18 bits per heavy atom. The molecule has 0 bridgehead atoms. The lowest BCUT2D eigenvalue weighted by Crippen LogP contribution is -2.20. The molecule has 0 aliphatic heterocycles. The zero-order chi connectivity index (χ0) is 12.7. The van der Waals surface area contributed by atoms with Crippen molar-refractivity contribution in [1.82, 2.24) is 0 Å². The molecule has 0 saturated carbocycles. The first-order valence-corrected chi connectivity index (χ1v) is 6.25. The molecule has 2 N–H and O–H groups in total. The van der Waals surface area contributed by atoms with Crippen LogP contribution in [0, 0.1) is 0 Å². The number of aliphatic hydroxyl groups excluding tert-OH is 2. The lowest BCUT2D eigenvalue weighted by Gasteiger charge is -2.23. The summed E-state index contributed by atoms with van der Waals surface area (Å²) < 4.78 is 0. The quantitative estimate of drug-likeness (QED) is 0.715. The molecule has 0 spiro atoms. The van der Waals surface area contributed by atoms with Gasteiger partial charge in [0.15, 0.2) is 0 Å². The summed E-state index contributed by atoms with van der Waals surface area (Å²) in [6.45, 7) is 3.01.